The van der Waals surface area contributed by atoms with Crippen LogP contribution in [0.15, 0.2) is 0 Å². The minimum absolute atomic E-state index is 0.0770. The molecule has 1 unspecified atom stereocenters. The molecule has 1 rings (SSSR count). The molecule has 0 aliphatic carbocycles. The predicted molar refractivity (Wildman–Crippen MR) is 61.3 cm³/mol. The summed E-state index contributed by atoms with van der Waals surface area (Å²) in [6.07, 6.45) is 0.193. The summed E-state index contributed by atoms with van der Waals surface area (Å²) in [5.41, 5.74) is 5.06. The quantitative estimate of drug-likeness (QED) is 0.685. The normalized spacial score (nSPS) is 11.9. The van der Waals surface area contributed by atoms with Crippen LogP contribution in [0.3, 0.4) is 0 Å². The smallest absolute Gasteiger partial charge is 0.229 e. The van der Waals surface area contributed by atoms with Crippen LogP contribution in [0.1, 0.15) is 13.3 Å². The first-order valence-electron chi connectivity index (χ1n) is 4.65. The third kappa shape index (κ3) is 3.85. The van der Waals surface area contributed by atoms with Crippen molar-refractivity contribution in [2.24, 2.45) is 5.73 Å². The number of nitrogens with one attached hydrogen (secondary N) is 2. The number of hydrogen-bond donors (Lipinski definition) is 3. The molecule has 0 saturated heterocycles. The summed E-state index contributed by atoms with van der Waals surface area (Å²) >= 11 is 5.68. The van der Waals surface area contributed by atoms with Gasteiger partial charge in [0.2, 0.25) is 23.1 Å². The highest BCUT2D eigenvalue weighted by molar-refractivity contribution is 6.28. The van der Waals surface area contributed by atoms with Crippen LogP contribution in [0.2, 0.25) is 5.28 Å². The third-order valence-corrected chi connectivity index (χ3v) is 1.88. The summed E-state index contributed by atoms with van der Waals surface area (Å²) in [5, 5.41) is 5.72. The van der Waals surface area contributed by atoms with Crippen LogP contribution in [0.4, 0.5) is 11.9 Å². The Morgan fingerprint density at radius 2 is 2.06 bits per heavy atom. The molecule has 4 N–H and O–H groups in total. The summed E-state index contributed by atoms with van der Waals surface area (Å²) in [6.45, 7) is 1.79. The van der Waals surface area contributed by atoms with Crippen LogP contribution in [-0.2, 0) is 4.79 Å². The van der Waals surface area contributed by atoms with Crippen molar-refractivity contribution in [3.63, 3.8) is 0 Å². The minimum atomic E-state index is -0.394. The Kier molecular flexibility index (Phi) is 4.24. The average Bonchev–Trinajstić information content (AvgIpc) is 2.14. The largest absolute Gasteiger partial charge is 0.370 e. The first-order valence-corrected chi connectivity index (χ1v) is 5.03. The zero-order chi connectivity index (χ0) is 12.1. The molecule has 7 nitrogen and oxygen atoms in total. The van der Waals surface area contributed by atoms with E-state index in [0.29, 0.717) is 11.9 Å². The number of carbonyl (C=O) groups is 1. The summed E-state index contributed by atoms with van der Waals surface area (Å²) in [7, 11) is 1.67. The van der Waals surface area contributed by atoms with E-state index in [1.807, 2.05) is 0 Å². The monoisotopic (exact) mass is 244 g/mol. The fourth-order valence-corrected chi connectivity index (χ4v) is 1.26. The van der Waals surface area contributed by atoms with Crippen molar-refractivity contribution in [2.75, 3.05) is 17.7 Å². The van der Waals surface area contributed by atoms with E-state index in [0.717, 1.165) is 0 Å². The van der Waals surface area contributed by atoms with Gasteiger partial charge in [0.1, 0.15) is 0 Å². The molecule has 1 aromatic heterocycles. The van der Waals surface area contributed by atoms with Gasteiger partial charge in [-0.3, -0.25) is 4.79 Å². The summed E-state index contributed by atoms with van der Waals surface area (Å²) < 4.78 is 0. The first-order chi connectivity index (χ1) is 7.51. The summed E-state index contributed by atoms with van der Waals surface area (Å²) in [4.78, 5) is 22.4. The van der Waals surface area contributed by atoms with Crippen molar-refractivity contribution < 1.29 is 4.79 Å². The molecule has 1 aromatic rings. The van der Waals surface area contributed by atoms with Gasteiger partial charge in [-0.2, -0.15) is 15.0 Å². The van der Waals surface area contributed by atoms with Crippen LogP contribution in [0.5, 0.6) is 0 Å². The molecule has 0 spiro atoms. The standard InChI is InChI=1S/C8H13ClN6O/c1-4(3-5(10)16)12-8-14-6(9)13-7(11-2)15-8/h4H,3H2,1-2H3,(H2,10,16)(H2,11,12,13,14,15). The number of nitrogens with two attached hydrogens (primary N) is 1. The Hall–Kier alpha value is -1.63. The van der Waals surface area contributed by atoms with Crippen molar-refractivity contribution in [1.29, 1.82) is 0 Å². The van der Waals surface area contributed by atoms with E-state index in [-0.39, 0.29) is 17.7 Å². The van der Waals surface area contributed by atoms with Gasteiger partial charge >= 0.3 is 0 Å². The highest BCUT2D eigenvalue weighted by atomic mass is 35.5. The Bertz CT molecular complexity index is 385. The summed E-state index contributed by atoms with van der Waals surface area (Å²) in [5.74, 6) is 0.265. The van der Waals surface area contributed by atoms with Crippen LogP contribution in [0, 0.1) is 0 Å². The molecule has 1 heterocycles. The lowest BCUT2D eigenvalue weighted by Crippen LogP contribution is -2.25. The fourth-order valence-electron chi connectivity index (χ4n) is 1.10. The highest BCUT2D eigenvalue weighted by Gasteiger charge is 2.09. The van der Waals surface area contributed by atoms with Crippen molar-refractivity contribution >= 4 is 29.4 Å². The summed E-state index contributed by atoms with van der Waals surface area (Å²) in [6, 6.07) is -0.166. The molecule has 0 aliphatic rings. The maximum atomic E-state index is 10.7. The van der Waals surface area contributed by atoms with Crippen LogP contribution in [-0.4, -0.2) is 33.9 Å². The molecule has 0 aromatic carbocycles. The number of aromatic nitrogens is 3. The Labute approximate surface area is 97.8 Å². The lowest BCUT2D eigenvalue weighted by Gasteiger charge is -2.12. The van der Waals surface area contributed by atoms with E-state index >= 15 is 0 Å². The fraction of sp³-hybridized carbons (Fsp3) is 0.500. The van der Waals surface area contributed by atoms with E-state index in [2.05, 4.69) is 25.6 Å². The van der Waals surface area contributed by atoms with Crippen molar-refractivity contribution in [3.05, 3.63) is 5.28 Å². The number of carbonyl (C=O) groups excluding carboxylic acids is 1. The Balaban J connectivity index is 2.72. The van der Waals surface area contributed by atoms with Crippen LogP contribution in [0.25, 0.3) is 0 Å². The van der Waals surface area contributed by atoms with E-state index in [4.69, 9.17) is 17.3 Å². The van der Waals surface area contributed by atoms with Gasteiger partial charge in [0.25, 0.3) is 0 Å². The minimum Gasteiger partial charge on any atom is -0.370 e. The zero-order valence-corrected chi connectivity index (χ0v) is 9.75. The average molecular weight is 245 g/mol. The SMILES string of the molecule is CNc1nc(Cl)nc(NC(C)CC(N)=O)n1. The van der Waals surface area contributed by atoms with E-state index < -0.39 is 5.91 Å². The topological polar surface area (TPSA) is 106 Å². The Morgan fingerprint density at radius 3 is 2.62 bits per heavy atom. The maximum absolute atomic E-state index is 10.7. The van der Waals surface area contributed by atoms with Gasteiger partial charge in [-0.1, -0.05) is 0 Å². The first kappa shape index (κ1) is 12.4. The molecule has 0 bridgehead atoms. The number of rotatable bonds is 5. The van der Waals surface area contributed by atoms with Gasteiger partial charge in [0, 0.05) is 19.5 Å². The van der Waals surface area contributed by atoms with Crippen molar-refractivity contribution in [3.8, 4) is 0 Å². The zero-order valence-electron chi connectivity index (χ0n) is 8.99. The van der Waals surface area contributed by atoms with Crippen molar-refractivity contribution in [1.82, 2.24) is 15.0 Å². The molecular formula is C8H13ClN6O. The second kappa shape index (κ2) is 5.45. The predicted octanol–water partition coefficient (Wildman–Crippen LogP) is 0.242. The van der Waals surface area contributed by atoms with Crippen molar-refractivity contribution in [2.45, 2.75) is 19.4 Å². The van der Waals surface area contributed by atoms with Gasteiger partial charge in [0.05, 0.1) is 0 Å². The third-order valence-electron chi connectivity index (χ3n) is 1.71. The van der Waals surface area contributed by atoms with E-state index in [9.17, 15) is 4.79 Å². The number of anilines is 2. The van der Waals surface area contributed by atoms with Gasteiger partial charge in [0.15, 0.2) is 0 Å². The van der Waals surface area contributed by atoms with Gasteiger partial charge in [-0.25, -0.2) is 0 Å². The molecule has 16 heavy (non-hydrogen) atoms. The van der Waals surface area contributed by atoms with Gasteiger partial charge in [-0.15, -0.1) is 0 Å². The maximum Gasteiger partial charge on any atom is 0.229 e. The molecule has 0 radical (unpaired) electrons. The second-order valence-electron chi connectivity index (χ2n) is 3.22. The molecule has 0 aliphatic heterocycles. The van der Waals surface area contributed by atoms with E-state index in [1.54, 1.807) is 14.0 Å². The molecule has 8 heteroatoms. The van der Waals surface area contributed by atoms with Crippen LogP contribution >= 0.6 is 11.6 Å². The second-order valence-corrected chi connectivity index (χ2v) is 3.56. The number of hydrogen-bond acceptors (Lipinski definition) is 6. The van der Waals surface area contributed by atoms with Crippen LogP contribution < -0.4 is 16.4 Å². The number of primary amides is 1. The highest BCUT2D eigenvalue weighted by Crippen LogP contribution is 2.10. The molecular weight excluding hydrogens is 232 g/mol. The lowest BCUT2D eigenvalue weighted by atomic mass is 10.2. The number of nitrogens with zero attached hydrogens (tertiary/aromatic N) is 3. The number of amides is 1. The molecule has 1 atom stereocenters. The Morgan fingerprint density at radius 1 is 1.44 bits per heavy atom. The van der Waals surface area contributed by atoms with Gasteiger partial charge in [-0.05, 0) is 18.5 Å². The molecule has 88 valence electrons. The molecule has 1 amide bonds. The van der Waals surface area contributed by atoms with Gasteiger partial charge < -0.3 is 16.4 Å². The number of halogens is 1. The molecule has 0 saturated carbocycles. The lowest BCUT2D eigenvalue weighted by molar-refractivity contribution is -0.118. The van der Waals surface area contributed by atoms with E-state index in [1.165, 1.54) is 0 Å². The molecule has 0 fully saturated rings.